The van der Waals surface area contributed by atoms with E-state index in [0.717, 1.165) is 0 Å². The van der Waals surface area contributed by atoms with Crippen molar-refractivity contribution in [1.29, 1.82) is 0 Å². The molecule has 1 heterocycles. The molecular weight excluding hydrogens is 260 g/mol. The quantitative estimate of drug-likeness (QED) is 0.577. The van der Waals surface area contributed by atoms with Crippen molar-refractivity contribution in [2.45, 2.75) is 5.25 Å². The van der Waals surface area contributed by atoms with Crippen LogP contribution in [0.1, 0.15) is 10.4 Å². The summed E-state index contributed by atoms with van der Waals surface area (Å²) in [7, 11) is -5.85. The summed E-state index contributed by atoms with van der Waals surface area (Å²) in [5.74, 6) is -1.17. The van der Waals surface area contributed by atoms with Crippen LogP contribution in [0.4, 0.5) is 8.78 Å². The number of ether oxygens (including phenoxy) is 1. The van der Waals surface area contributed by atoms with Crippen LogP contribution in [0.2, 0.25) is 0 Å². The number of halogens is 2. The van der Waals surface area contributed by atoms with E-state index in [1.165, 1.54) is 24.5 Å². The van der Waals surface area contributed by atoms with E-state index < -0.39 is 27.9 Å². The molecule has 0 atom stereocenters. The summed E-state index contributed by atoms with van der Waals surface area (Å²) in [5, 5.41) is -4.64. The molecule has 9 heteroatoms. The Morgan fingerprint density at radius 2 is 1.94 bits per heavy atom. The Hall–Kier alpha value is -1.61. The monoisotopic (exact) mass is 266 g/mol. The average Bonchev–Trinajstić information content (AvgIpc) is 2.25. The molecule has 0 fully saturated rings. The van der Waals surface area contributed by atoms with Crippen LogP contribution in [0, 0.1) is 0 Å². The zero-order valence-corrected chi connectivity index (χ0v) is 8.99. The summed E-state index contributed by atoms with van der Waals surface area (Å²) >= 11 is 0. The van der Waals surface area contributed by atoms with Gasteiger partial charge in [-0.1, -0.05) is 0 Å². The maximum absolute atomic E-state index is 12.6. The number of hydrogen-bond donors (Lipinski definition) is 0. The standard InChI is InChI=1S/C8H7F2NO5S/c9-8(10,17(13,14)15)5-16-7(12)6-1-3-11-4-2-6/h1-4H,5H2,(H,13,14,15)/p-1. The Kier molecular flexibility index (Phi) is 3.73. The van der Waals surface area contributed by atoms with Crippen molar-refractivity contribution in [3.05, 3.63) is 30.1 Å². The molecule has 0 saturated carbocycles. The minimum atomic E-state index is -5.85. The highest BCUT2D eigenvalue weighted by Gasteiger charge is 2.39. The fraction of sp³-hybridized carbons (Fsp3) is 0.250. The molecule has 0 aliphatic heterocycles. The third-order valence-corrected chi connectivity index (χ3v) is 2.50. The van der Waals surface area contributed by atoms with E-state index in [1.54, 1.807) is 0 Å². The highest BCUT2D eigenvalue weighted by Crippen LogP contribution is 2.20. The number of nitrogens with zero attached hydrogens (tertiary/aromatic N) is 1. The topological polar surface area (TPSA) is 96.4 Å². The molecule has 0 aliphatic rings. The van der Waals surface area contributed by atoms with E-state index >= 15 is 0 Å². The van der Waals surface area contributed by atoms with Crippen LogP contribution in [-0.2, 0) is 14.9 Å². The van der Waals surface area contributed by atoms with Gasteiger partial charge in [-0.05, 0) is 12.1 Å². The van der Waals surface area contributed by atoms with Crippen molar-refractivity contribution >= 4 is 16.1 Å². The van der Waals surface area contributed by atoms with Crippen LogP contribution in [0.25, 0.3) is 0 Å². The highest BCUT2D eigenvalue weighted by molar-refractivity contribution is 7.86. The number of pyridine rings is 1. The van der Waals surface area contributed by atoms with Crippen molar-refractivity contribution in [3.8, 4) is 0 Å². The molecule has 94 valence electrons. The second kappa shape index (κ2) is 4.72. The Morgan fingerprint density at radius 1 is 1.41 bits per heavy atom. The van der Waals surface area contributed by atoms with Crippen molar-refractivity contribution in [2.24, 2.45) is 0 Å². The number of carbonyl (C=O) groups excluding carboxylic acids is 1. The first-order valence-electron chi connectivity index (χ1n) is 4.14. The van der Waals surface area contributed by atoms with Crippen LogP contribution >= 0.6 is 0 Å². The van der Waals surface area contributed by atoms with Crippen molar-refractivity contribution in [1.82, 2.24) is 4.98 Å². The zero-order chi connectivity index (χ0) is 13.1. The zero-order valence-electron chi connectivity index (χ0n) is 8.17. The number of carbonyl (C=O) groups is 1. The van der Waals surface area contributed by atoms with Gasteiger partial charge in [0.15, 0.2) is 16.7 Å². The SMILES string of the molecule is O=C(OCC(F)(F)S(=O)(=O)[O-])c1ccncc1. The summed E-state index contributed by atoms with van der Waals surface area (Å²) in [4.78, 5) is 14.7. The number of hydrogen-bond acceptors (Lipinski definition) is 6. The van der Waals surface area contributed by atoms with Gasteiger partial charge in [0.2, 0.25) is 0 Å². The Labute approximate surface area is 95.0 Å². The fourth-order valence-corrected chi connectivity index (χ4v) is 0.996. The number of aromatic nitrogens is 1. The first kappa shape index (κ1) is 13.5. The summed E-state index contributed by atoms with van der Waals surface area (Å²) in [6.07, 6.45) is 2.44. The molecule has 0 unspecified atom stereocenters. The lowest BCUT2D eigenvalue weighted by Crippen LogP contribution is -2.34. The number of alkyl halides is 2. The maximum Gasteiger partial charge on any atom is 0.367 e. The van der Waals surface area contributed by atoms with Gasteiger partial charge >= 0.3 is 11.2 Å². The van der Waals surface area contributed by atoms with Gasteiger partial charge in [-0.2, -0.15) is 8.78 Å². The normalized spacial score (nSPS) is 12.2. The van der Waals surface area contributed by atoms with E-state index in [2.05, 4.69) is 9.72 Å². The van der Waals surface area contributed by atoms with Gasteiger partial charge in [-0.25, -0.2) is 13.2 Å². The fourth-order valence-electron chi connectivity index (χ4n) is 0.793. The Balaban J connectivity index is 2.67. The first-order chi connectivity index (χ1) is 7.74. The Morgan fingerprint density at radius 3 is 2.41 bits per heavy atom. The van der Waals surface area contributed by atoms with Crippen LogP contribution in [0.5, 0.6) is 0 Å². The summed E-state index contributed by atoms with van der Waals surface area (Å²) in [5.41, 5.74) is -0.0842. The smallest absolute Gasteiger partial charge is 0.367 e. The van der Waals surface area contributed by atoms with Gasteiger partial charge in [-0.3, -0.25) is 4.98 Å². The Bertz CT molecular complexity index is 502. The molecule has 1 rings (SSSR count). The van der Waals surface area contributed by atoms with Gasteiger partial charge in [0.05, 0.1) is 5.56 Å². The molecule has 0 aromatic carbocycles. The summed E-state index contributed by atoms with van der Waals surface area (Å²) in [6.45, 7) is -1.82. The summed E-state index contributed by atoms with van der Waals surface area (Å²) in [6, 6.07) is 2.37. The van der Waals surface area contributed by atoms with Gasteiger partial charge in [0.25, 0.3) is 0 Å². The van der Waals surface area contributed by atoms with E-state index in [-0.39, 0.29) is 5.56 Å². The molecule has 17 heavy (non-hydrogen) atoms. The predicted molar refractivity (Wildman–Crippen MR) is 49.2 cm³/mol. The van der Waals surface area contributed by atoms with Gasteiger partial charge in [0, 0.05) is 12.4 Å². The summed E-state index contributed by atoms with van der Waals surface area (Å²) < 4.78 is 59.5. The van der Waals surface area contributed by atoms with Crippen LogP contribution < -0.4 is 0 Å². The molecule has 0 saturated heterocycles. The molecule has 6 nitrogen and oxygen atoms in total. The minimum absolute atomic E-state index is 0.0842. The lowest BCUT2D eigenvalue weighted by Gasteiger charge is -2.19. The second-order valence-electron chi connectivity index (χ2n) is 2.90. The van der Waals surface area contributed by atoms with Crippen LogP contribution in [0.15, 0.2) is 24.5 Å². The second-order valence-corrected chi connectivity index (χ2v) is 4.41. The predicted octanol–water partition coefficient (Wildman–Crippen LogP) is 0.376. The molecular formula is C8H6F2NO5S-. The largest absolute Gasteiger partial charge is 0.743 e. The molecule has 0 amide bonds. The molecule has 0 N–H and O–H groups in total. The first-order valence-corrected chi connectivity index (χ1v) is 5.55. The molecule has 0 spiro atoms. The van der Waals surface area contributed by atoms with E-state index in [0.29, 0.717) is 0 Å². The number of rotatable bonds is 4. The van der Waals surface area contributed by atoms with Gasteiger partial charge in [0.1, 0.15) is 0 Å². The van der Waals surface area contributed by atoms with Crippen LogP contribution in [-0.4, -0.2) is 35.8 Å². The van der Waals surface area contributed by atoms with E-state index in [9.17, 15) is 26.5 Å². The lowest BCUT2D eigenvalue weighted by molar-refractivity contribution is -0.00997. The van der Waals surface area contributed by atoms with E-state index in [1.807, 2.05) is 0 Å². The highest BCUT2D eigenvalue weighted by atomic mass is 32.2. The molecule has 0 aliphatic carbocycles. The third-order valence-electron chi connectivity index (χ3n) is 1.65. The third kappa shape index (κ3) is 3.43. The van der Waals surface area contributed by atoms with Crippen molar-refractivity contribution in [2.75, 3.05) is 6.61 Å². The molecule has 0 radical (unpaired) electrons. The van der Waals surface area contributed by atoms with Gasteiger partial charge < -0.3 is 9.29 Å². The van der Waals surface area contributed by atoms with E-state index in [4.69, 9.17) is 0 Å². The molecule has 0 bridgehead atoms. The van der Waals surface area contributed by atoms with Crippen molar-refractivity contribution < 1.29 is 31.3 Å². The minimum Gasteiger partial charge on any atom is -0.743 e. The molecule has 1 aromatic rings. The average molecular weight is 266 g/mol. The number of esters is 1. The lowest BCUT2D eigenvalue weighted by atomic mass is 10.3. The maximum atomic E-state index is 12.6. The van der Waals surface area contributed by atoms with Gasteiger partial charge in [-0.15, -0.1) is 0 Å². The molecule has 1 aromatic heterocycles. The van der Waals surface area contributed by atoms with Crippen molar-refractivity contribution in [3.63, 3.8) is 0 Å². The van der Waals surface area contributed by atoms with Crippen LogP contribution in [0.3, 0.4) is 0 Å².